The first-order valence-corrected chi connectivity index (χ1v) is 7.99. The highest BCUT2D eigenvalue weighted by molar-refractivity contribution is 7.99. The Bertz CT molecular complexity index is 404. The Labute approximate surface area is 119 Å². The molecule has 0 fully saturated rings. The zero-order valence-corrected chi connectivity index (χ0v) is 12.9. The van der Waals surface area contributed by atoms with Gasteiger partial charge in [-0.2, -0.15) is 0 Å². The molecule has 4 nitrogen and oxygen atoms in total. The molecule has 1 atom stereocenters. The largest absolute Gasteiger partial charge is 0.481 e. The smallest absolute Gasteiger partial charge is 0.313 e. The molecule has 0 aliphatic rings. The van der Waals surface area contributed by atoms with E-state index < -0.39 is 5.97 Å². The van der Waals surface area contributed by atoms with Crippen molar-refractivity contribution >= 4 is 17.7 Å². The van der Waals surface area contributed by atoms with Gasteiger partial charge in [0.25, 0.3) is 0 Å². The van der Waals surface area contributed by atoms with Gasteiger partial charge in [0.05, 0.1) is 5.75 Å². The van der Waals surface area contributed by atoms with Crippen molar-refractivity contribution in [1.82, 2.24) is 9.55 Å². The van der Waals surface area contributed by atoms with E-state index in [0.29, 0.717) is 6.04 Å². The maximum atomic E-state index is 10.7. The molecule has 1 aromatic heterocycles. The summed E-state index contributed by atoms with van der Waals surface area (Å²) in [4.78, 5) is 15.1. The van der Waals surface area contributed by atoms with Gasteiger partial charge in [0.15, 0.2) is 5.16 Å². The first-order valence-electron chi connectivity index (χ1n) is 7.00. The van der Waals surface area contributed by atoms with Crippen molar-refractivity contribution < 1.29 is 9.90 Å². The van der Waals surface area contributed by atoms with Crippen LogP contribution in [0.2, 0.25) is 0 Å². The van der Waals surface area contributed by atoms with Gasteiger partial charge in [-0.05, 0) is 19.8 Å². The highest BCUT2D eigenvalue weighted by Crippen LogP contribution is 2.26. The van der Waals surface area contributed by atoms with Gasteiger partial charge in [-0.3, -0.25) is 4.79 Å². The molecule has 108 valence electrons. The first kappa shape index (κ1) is 16.1. The molecule has 0 radical (unpaired) electrons. The summed E-state index contributed by atoms with van der Waals surface area (Å²) in [6, 6.07) is 0.389. The van der Waals surface area contributed by atoms with Crippen molar-refractivity contribution in [2.45, 2.75) is 64.1 Å². The molecular weight excluding hydrogens is 260 g/mol. The summed E-state index contributed by atoms with van der Waals surface area (Å²) in [5.74, 6) is -0.724. The molecule has 0 amide bonds. The normalized spacial score (nSPS) is 12.6. The number of aliphatic carboxylic acids is 1. The monoisotopic (exact) mass is 284 g/mol. The summed E-state index contributed by atoms with van der Waals surface area (Å²) >= 11 is 1.31. The third-order valence-corrected chi connectivity index (χ3v) is 4.14. The second-order valence-corrected chi connectivity index (χ2v) is 5.73. The highest BCUT2D eigenvalue weighted by Gasteiger charge is 2.15. The van der Waals surface area contributed by atoms with Crippen molar-refractivity contribution in [3.8, 4) is 0 Å². The van der Waals surface area contributed by atoms with Gasteiger partial charge >= 0.3 is 5.97 Å². The number of thioether (sulfide) groups is 1. The minimum absolute atomic E-state index is 0.0713. The summed E-state index contributed by atoms with van der Waals surface area (Å²) < 4.78 is 2.21. The van der Waals surface area contributed by atoms with Crippen LogP contribution in [0.5, 0.6) is 0 Å². The van der Waals surface area contributed by atoms with Crippen LogP contribution in [0.25, 0.3) is 0 Å². The number of nitrogens with zero attached hydrogens (tertiary/aromatic N) is 2. The van der Waals surface area contributed by atoms with E-state index in [9.17, 15) is 4.79 Å². The van der Waals surface area contributed by atoms with Crippen LogP contribution >= 0.6 is 11.8 Å². The first-order chi connectivity index (χ1) is 9.10. The van der Waals surface area contributed by atoms with Crippen LogP contribution in [0.15, 0.2) is 11.4 Å². The Morgan fingerprint density at radius 3 is 2.79 bits per heavy atom. The molecule has 0 aliphatic carbocycles. The fourth-order valence-electron chi connectivity index (χ4n) is 2.16. The predicted molar refractivity (Wildman–Crippen MR) is 78.8 cm³/mol. The molecule has 0 aliphatic heterocycles. The van der Waals surface area contributed by atoms with Crippen molar-refractivity contribution in [3.63, 3.8) is 0 Å². The maximum Gasteiger partial charge on any atom is 0.313 e. The number of imidazole rings is 1. The lowest BCUT2D eigenvalue weighted by molar-refractivity contribution is -0.133. The fourth-order valence-corrected chi connectivity index (χ4v) is 2.98. The van der Waals surface area contributed by atoms with Crippen LogP contribution in [0.4, 0.5) is 0 Å². The van der Waals surface area contributed by atoms with Gasteiger partial charge in [-0.15, -0.1) is 0 Å². The van der Waals surface area contributed by atoms with E-state index in [2.05, 4.69) is 30.3 Å². The number of aromatic nitrogens is 2. The Morgan fingerprint density at radius 1 is 1.47 bits per heavy atom. The van der Waals surface area contributed by atoms with E-state index in [1.807, 2.05) is 6.20 Å². The Kier molecular flexibility index (Phi) is 6.99. The predicted octanol–water partition coefficient (Wildman–Crippen LogP) is 3.76. The van der Waals surface area contributed by atoms with Crippen LogP contribution in [0.1, 0.15) is 58.2 Å². The second-order valence-electron chi connectivity index (χ2n) is 4.78. The highest BCUT2D eigenvalue weighted by atomic mass is 32.2. The molecule has 0 bridgehead atoms. The molecule has 1 rings (SSSR count). The van der Waals surface area contributed by atoms with Crippen molar-refractivity contribution in [3.05, 3.63) is 11.9 Å². The molecule has 19 heavy (non-hydrogen) atoms. The maximum absolute atomic E-state index is 10.7. The third kappa shape index (κ3) is 4.90. The molecule has 0 saturated carbocycles. The minimum Gasteiger partial charge on any atom is -0.481 e. The average Bonchev–Trinajstić information content (AvgIpc) is 2.79. The topological polar surface area (TPSA) is 55.1 Å². The second kappa shape index (κ2) is 8.25. The average molecular weight is 284 g/mol. The zero-order chi connectivity index (χ0) is 14.3. The number of hydrogen-bond donors (Lipinski definition) is 1. The van der Waals surface area contributed by atoms with Crippen molar-refractivity contribution in [2.75, 3.05) is 5.75 Å². The molecule has 1 N–H and O–H groups in total. The quantitative estimate of drug-likeness (QED) is 0.554. The number of carboxylic acid groups (broad SMARTS) is 1. The molecule has 0 saturated heterocycles. The van der Waals surface area contributed by atoms with Crippen LogP contribution in [-0.2, 0) is 11.2 Å². The van der Waals surface area contributed by atoms with E-state index >= 15 is 0 Å². The standard InChI is InChI=1S/C14H24N2O2S/c1-4-6-7-8-11(3)16-12(5-2)9-15-14(16)19-10-13(17)18/h9,11H,4-8,10H2,1-3H3,(H,17,18). The Morgan fingerprint density at radius 2 is 2.21 bits per heavy atom. The molecule has 0 aromatic carbocycles. The lowest BCUT2D eigenvalue weighted by atomic mass is 10.1. The number of aryl methyl sites for hydroxylation is 1. The molecule has 1 aromatic rings. The summed E-state index contributed by atoms with van der Waals surface area (Å²) in [5.41, 5.74) is 1.19. The molecule has 0 spiro atoms. The fraction of sp³-hybridized carbons (Fsp3) is 0.714. The number of hydrogen-bond acceptors (Lipinski definition) is 3. The summed E-state index contributed by atoms with van der Waals surface area (Å²) in [6.45, 7) is 6.51. The zero-order valence-electron chi connectivity index (χ0n) is 12.1. The summed E-state index contributed by atoms with van der Waals surface area (Å²) in [7, 11) is 0. The SMILES string of the molecule is CCCCCC(C)n1c(CC)cnc1SCC(=O)O. The van der Waals surface area contributed by atoms with E-state index in [1.54, 1.807) is 0 Å². The number of carbonyl (C=O) groups is 1. The summed E-state index contributed by atoms with van der Waals surface area (Å²) in [5, 5.41) is 9.62. The van der Waals surface area contributed by atoms with Crippen molar-refractivity contribution in [1.29, 1.82) is 0 Å². The van der Waals surface area contributed by atoms with Gasteiger partial charge in [0.2, 0.25) is 0 Å². The van der Waals surface area contributed by atoms with Gasteiger partial charge < -0.3 is 9.67 Å². The minimum atomic E-state index is -0.795. The number of carboxylic acids is 1. The molecular formula is C14H24N2O2S. The van der Waals surface area contributed by atoms with Gasteiger partial charge in [0, 0.05) is 17.9 Å². The van der Waals surface area contributed by atoms with Gasteiger partial charge in [-0.1, -0.05) is 44.9 Å². The molecule has 1 heterocycles. The lowest BCUT2D eigenvalue weighted by Gasteiger charge is -2.18. The van der Waals surface area contributed by atoms with E-state index in [4.69, 9.17) is 5.11 Å². The number of unbranched alkanes of at least 4 members (excludes halogenated alkanes) is 2. The van der Waals surface area contributed by atoms with E-state index in [0.717, 1.165) is 18.0 Å². The van der Waals surface area contributed by atoms with E-state index in [-0.39, 0.29) is 5.75 Å². The third-order valence-electron chi connectivity index (χ3n) is 3.19. The van der Waals surface area contributed by atoms with Crippen LogP contribution in [-0.4, -0.2) is 26.4 Å². The molecule has 1 unspecified atom stereocenters. The van der Waals surface area contributed by atoms with Gasteiger partial charge in [0.1, 0.15) is 0 Å². The summed E-state index contributed by atoms with van der Waals surface area (Å²) in [6.07, 6.45) is 7.61. The van der Waals surface area contributed by atoms with Crippen LogP contribution < -0.4 is 0 Å². The van der Waals surface area contributed by atoms with Crippen molar-refractivity contribution in [2.24, 2.45) is 0 Å². The van der Waals surface area contributed by atoms with Crippen LogP contribution in [0.3, 0.4) is 0 Å². The Hall–Kier alpha value is -0.970. The van der Waals surface area contributed by atoms with E-state index in [1.165, 1.54) is 36.7 Å². The lowest BCUT2D eigenvalue weighted by Crippen LogP contribution is -2.11. The Balaban J connectivity index is 2.76. The van der Waals surface area contributed by atoms with Crippen LogP contribution in [0, 0.1) is 0 Å². The van der Waals surface area contributed by atoms with Gasteiger partial charge in [-0.25, -0.2) is 4.98 Å². The number of rotatable bonds is 9. The molecule has 5 heteroatoms.